The standard InChI is InChI=1S/C17H18O6S/c1-12-9-15(21-2)17(22-3)16(14(12)10-18)23-24(19,20)11-13-7-5-4-6-8-13/h4-10H,11H2,1-3H3. The number of hydrogen-bond donors (Lipinski definition) is 0. The molecule has 0 amide bonds. The molecule has 0 aromatic heterocycles. The van der Waals surface area contributed by atoms with Crippen molar-refractivity contribution in [1.29, 1.82) is 0 Å². The van der Waals surface area contributed by atoms with Gasteiger partial charge in [-0.25, -0.2) is 0 Å². The van der Waals surface area contributed by atoms with Gasteiger partial charge in [-0.1, -0.05) is 30.3 Å². The van der Waals surface area contributed by atoms with Gasteiger partial charge in [-0.2, -0.15) is 8.42 Å². The first-order valence-corrected chi connectivity index (χ1v) is 8.66. The summed E-state index contributed by atoms with van der Waals surface area (Å²) >= 11 is 0. The first kappa shape index (κ1) is 17.8. The average Bonchev–Trinajstić information content (AvgIpc) is 2.54. The summed E-state index contributed by atoms with van der Waals surface area (Å²) in [5.41, 5.74) is 1.19. The van der Waals surface area contributed by atoms with Gasteiger partial charge >= 0.3 is 10.1 Å². The second kappa shape index (κ2) is 7.35. The monoisotopic (exact) mass is 350 g/mol. The van der Waals surface area contributed by atoms with Crippen LogP contribution in [0.2, 0.25) is 0 Å². The molecule has 7 heteroatoms. The zero-order valence-electron chi connectivity index (χ0n) is 13.6. The highest BCUT2D eigenvalue weighted by molar-refractivity contribution is 7.86. The Morgan fingerprint density at radius 1 is 1.04 bits per heavy atom. The topological polar surface area (TPSA) is 78.9 Å². The minimum Gasteiger partial charge on any atom is -0.493 e. The molecule has 0 saturated heterocycles. The third kappa shape index (κ3) is 3.86. The predicted molar refractivity (Wildman–Crippen MR) is 89.4 cm³/mol. The molecule has 0 fully saturated rings. The number of ether oxygens (including phenoxy) is 2. The van der Waals surface area contributed by atoms with E-state index in [1.165, 1.54) is 14.2 Å². The highest BCUT2D eigenvalue weighted by atomic mass is 32.2. The minimum absolute atomic E-state index is 0.0573. The lowest BCUT2D eigenvalue weighted by atomic mass is 10.1. The van der Waals surface area contributed by atoms with Gasteiger partial charge in [-0.05, 0) is 24.1 Å². The van der Waals surface area contributed by atoms with E-state index in [-0.39, 0.29) is 28.6 Å². The maximum absolute atomic E-state index is 12.4. The number of carbonyl (C=O) groups is 1. The normalized spacial score (nSPS) is 11.0. The van der Waals surface area contributed by atoms with E-state index in [1.807, 2.05) is 0 Å². The molecule has 0 heterocycles. The zero-order valence-corrected chi connectivity index (χ0v) is 14.4. The van der Waals surface area contributed by atoms with E-state index in [2.05, 4.69) is 0 Å². The van der Waals surface area contributed by atoms with Gasteiger partial charge in [-0.3, -0.25) is 4.79 Å². The van der Waals surface area contributed by atoms with Crippen LogP contribution in [0.5, 0.6) is 17.2 Å². The number of rotatable bonds is 7. The van der Waals surface area contributed by atoms with Crippen molar-refractivity contribution in [2.24, 2.45) is 0 Å². The number of methoxy groups -OCH3 is 2. The van der Waals surface area contributed by atoms with Gasteiger partial charge in [0.2, 0.25) is 5.75 Å². The van der Waals surface area contributed by atoms with Crippen LogP contribution in [-0.4, -0.2) is 28.9 Å². The van der Waals surface area contributed by atoms with Crippen molar-refractivity contribution in [1.82, 2.24) is 0 Å². The van der Waals surface area contributed by atoms with Crippen molar-refractivity contribution in [2.45, 2.75) is 12.7 Å². The lowest BCUT2D eigenvalue weighted by Gasteiger charge is -2.17. The maximum atomic E-state index is 12.4. The summed E-state index contributed by atoms with van der Waals surface area (Å²) in [5.74, 6) is -0.154. The van der Waals surface area contributed by atoms with E-state index >= 15 is 0 Å². The highest BCUT2D eigenvalue weighted by Crippen LogP contribution is 2.42. The van der Waals surface area contributed by atoms with Crippen LogP contribution in [0.25, 0.3) is 0 Å². The van der Waals surface area contributed by atoms with Crippen molar-refractivity contribution in [3.8, 4) is 17.2 Å². The summed E-state index contributed by atoms with van der Waals surface area (Å²) in [6.07, 6.45) is 0.532. The molecule has 0 N–H and O–H groups in total. The van der Waals surface area contributed by atoms with Gasteiger partial charge in [0.1, 0.15) is 5.75 Å². The van der Waals surface area contributed by atoms with Crippen molar-refractivity contribution < 1.29 is 26.9 Å². The molecule has 0 saturated carbocycles. The Morgan fingerprint density at radius 2 is 1.71 bits per heavy atom. The summed E-state index contributed by atoms with van der Waals surface area (Å²) < 4.78 is 40.3. The Balaban J connectivity index is 2.47. The number of aryl methyl sites for hydroxylation is 1. The summed E-state index contributed by atoms with van der Waals surface area (Å²) in [4.78, 5) is 11.4. The molecular formula is C17H18O6S. The lowest BCUT2D eigenvalue weighted by molar-refractivity contribution is 0.112. The van der Waals surface area contributed by atoms with E-state index in [9.17, 15) is 13.2 Å². The first-order chi connectivity index (χ1) is 11.4. The average molecular weight is 350 g/mol. The number of benzene rings is 2. The molecule has 2 aromatic carbocycles. The second-order valence-corrected chi connectivity index (χ2v) is 6.63. The molecule has 0 aliphatic heterocycles. The van der Waals surface area contributed by atoms with Crippen molar-refractivity contribution >= 4 is 16.4 Å². The molecular weight excluding hydrogens is 332 g/mol. The van der Waals surface area contributed by atoms with Gasteiger partial charge in [-0.15, -0.1) is 0 Å². The SMILES string of the molecule is COc1cc(C)c(C=O)c(OS(=O)(=O)Cc2ccccc2)c1OC. The fourth-order valence-electron chi connectivity index (χ4n) is 2.26. The zero-order chi connectivity index (χ0) is 17.7. The van der Waals surface area contributed by atoms with Crippen LogP contribution in [0.1, 0.15) is 21.5 Å². The van der Waals surface area contributed by atoms with Crippen LogP contribution in [0.15, 0.2) is 36.4 Å². The summed E-state index contributed by atoms with van der Waals surface area (Å²) in [5, 5.41) is 0. The molecule has 2 rings (SSSR count). The second-order valence-electron chi connectivity index (χ2n) is 5.06. The Morgan fingerprint density at radius 3 is 2.25 bits per heavy atom. The van der Waals surface area contributed by atoms with Crippen LogP contribution in [0.4, 0.5) is 0 Å². The van der Waals surface area contributed by atoms with E-state index < -0.39 is 10.1 Å². The van der Waals surface area contributed by atoms with E-state index in [1.54, 1.807) is 43.3 Å². The Kier molecular flexibility index (Phi) is 5.46. The summed E-state index contributed by atoms with van der Waals surface area (Å²) in [6.45, 7) is 1.66. The molecule has 0 unspecified atom stereocenters. The number of aldehydes is 1. The Hall–Kier alpha value is -2.54. The molecule has 0 spiro atoms. The van der Waals surface area contributed by atoms with E-state index in [0.29, 0.717) is 17.4 Å². The van der Waals surface area contributed by atoms with Gasteiger partial charge in [0, 0.05) is 0 Å². The Labute approximate surface area is 141 Å². The van der Waals surface area contributed by atoms with Crippen LogP contribution >= 0.6 is 0 Å². The quantitative estimate of drug-likeness (QED) is 0.564. The fourth-order valence-corrected chi connectivity index (χ4v) is 3.34. The first-order valence-electron chi connectivity index (χ1n) is 7.08. The molecule has 0 radical (unpaired) electrons. The number of carbonyl (C=O) groups excluding carboxylic acids is 1. The highest BCUT2D eigenvalue weighted by Gasteiger charge is 2.24. The Bertz CT molecular complexity index is 828. The molecule has 6 nitrogen and oxygen atoms in total. The largest absolute Gasteiger partial charge is 0.493 e. The predicted octanol–water partition coefficient (Wildman–Crippen LogP) is 2.73. The van der Waals surface area contributed by atoms with Crippen molar-refractivity contribution in [3.63, 3.8) is 0 Å². The van der Waals surface area contributed by atoms with E-state index in [4.69, 9.17) is 13.7 Å². The molecule has 128 valence electrons. The molecule has 0 aliphatic rings. The minimum atomic E-state index is -3.99. The summed E-state index contributed by atoms with van der Waals surface area (Å²) in [7, 11) is -1.23. The number of hydrogen-bond acceptors (Lipinski definition) is 6. The van der Waals surface area contributed by atoms with Crippen molar-refractivity contribution in [2.75, 3.05) is 14.2 Å². The van der Waals surface area contributed by atoms with Crippen molar-refractivity contribution in [3.05, 3.63) is 53.1 Å². The molecule has 0 atom stereocenters. The third-order valence-corrected chi connectivity index (χ3v) is 4.49. The smallest absolute Gasteiger partial charge is 0.313 e. The molecule has 24 heavy (non-hydrogen) atoms. The van der Waals surface area contributed by atoms with E-state index in [0.717, 1.165) is 0 Å². The summed E-state index contributed by atoms with van der Waals surface area (Å²) in [6, 6.07) is 10.2. The molecule has 0 aliphatic carbocycles. The van der Waals surface area contributed by atoms with Gasteiger partial charge in [0.05, 0.1) is 19.8 Å². The lowest BCUT2D eigenvalue weighted by Crippen LogP contribution is -2.14. The maximum Gasteiger partial charge on any atom is 0.313 e. The van der Waals surface area contributed by atoms with Crippen LogP contribution in [0, 0.1) is 6.92 Å². The van der Waals surface area contributed by atoms with Gasteiger partial charge in [0.25, 0.3) is 0 Å². The van der Waals surface area contributed by atoms with Gasteiger partial charge in [0.15, 0.2) is 17.8 Å². The van der Waals surface area contributed by atoms with Crippen LogP contribution in [-0.2, 0) is 15.9 Å². The molecule has 2 aromatic rings. The molecule has 0 bridgehead atoms. The third-order valence-electron chi connectivity index (χ3n) is 3.39. The fraction of sp³-hybridized carbons (Fsp3) is 0.235. The van der Waals surface area contributed by atoms with Crippen LogP contribution < -0.4 is 13.7 Å². The van der Waals surface area contributed by atoms with Crippen LogP contribution in [0.3, 0.4) is 0 Å². The van der Waals surface area contributed by atoms with Gasteiger partial charge < -0.3 is 13.7 Å².